The quantitative estimate of drug-likeness (QED) is 0.551. The lowest BCUT2D eigenvalue weighted by Gasteiger charge is -2.17. The number of hydrogen-bond acceptors (Lipinski definition) is 4. The Morgan fingerprint density at radius 1 is 0.964 bits per heavy atom. The number of thioether (sulfide) groups is 1. The van der Waals surface area contributed by atoms with Crippen LogP contribution in [-0.2, 0) is 16.1 Å². The fraction of sp³-hybridized carbons (Fsp3) is 0.227. The van der Waals surface area contributed by atoms with E-state index < -0.39 is 0 Å². The first-order chi connectivity index (χ1) is 13.5. The Hall–Kier alpha value is -2.44. The molecule has 1 fully saturated rings. The van der Waals surface area contributed by atoms with Crippen molar-refractivity contribution in [2.24, 2.45) is 0 Å². The van der Waals surface area contributed by atoms with E-state index in [1.807, 2.05) is 62.4 Å². The highest BCUT2D eigenvalue weighted by Crippen LogP contribution is 2.44. The Kier molecular flexibility index (Phi) is 5.08. The van der Waals surface area contributed by atoms with E-state index in [0.717, 1.165) is 23.2 Å². The van der Waals surface area contributed by atoms with Crippen LogP contribution in [0.2, 0.25) is 0 Å². The summed E-state index contributed by atoms with van der Waals surface area (Å²) in [6.07, 6.45) is 0.819. The first kappa shape index (κ1) is 18.9. The third-order valence-corrected chi connectivity index (χ3v) is 6.36. The maximum Gasteiger partial charge on any atom is 0.267 e. The smallest absolute Gasteiger partial charge is 0.267 e. The standard InChI is InChI=1S/C22H20N2O2S2/c1-3-12-23-21(26)19(28-22(23)27)18-16-6-4-5-7-17(16)24(20(18)25)13-15-10-8-14(2)9-11-15/h4-11H,3,12-13H2,1-2H3/b19-18+. The minimum atomic E-state index is -0.160. The molecule has 2 aromatic rings. The van der Waals surface area contributed by atoms with Crippen LogP contribution in [-0.4, -0.2) is 27.6 Å². The number of amides is 2. The van der Waals surface area contributed by atoms with Crippen LogP contribution >= 0.6 is 24.0 Å². The van der Waals surface area contributed by atoms with Gasteiger partial charge in [0.1, 0.15) is 4.32 Å². The van der Waals surface area contributed by atoms with E-state index in [2.05, 4.69) is 0 Å². The van der Waals surface area contributed by atoms with Crippen molar-refractivity contribution in [1.29, 1.82) is 0 Å². The third-order valence-electron chi connectivity index (χ3n) is 4.91. The van der Waals surface area contributed by atoms with Crippen molar-refractivity contribution in [2.45, 2.75) is 26.8 Å². The maximum absolute atomic E-state index is 13.4. The number of anilines is 1. The van der Waals surface area contributed by atoms with Crippen molar-refractivity contribution in [2.75, 3.05) is 11.4 Å². The highest BCUT2D eigenvalue weighted by atomic mass is 32.2. The maximum atomic E-state index is 13.4. The van der Waals surface area contributed by atoms with E-state index in [0.29, 0.717) is 27.9 Å². The lowest BCUT2D eigenvalue weighted by atomic mass is 10.1. The van der Waals surface area contributed by atoms with Gasteiger partial charge in [-0.25, -0.2) is 0 Å². The van der Waals surface area contributed by atoms with Crippen molar-refractivity contribution in [3.8, 4) is 0 Å². The van der Waals surface area contributed by atoms with E-state index in [4.69, 9.17) is 12.2 Å². The molecule has 1 saturated heterocycles. The molecule has 0 saturated carbocycles. The zero-order chi connectivity index (χ0) is 19.8. The number of carbonyl (C=O) groups excluding carboxylic acids is 2. The monoisotopic (exact) mass is 408 g/mol. The number of rotatable bonds is 4. The van der Waals surface area contributed by atoms with Crippen molar-refractivity contribution in [3.63, 3.8) is 0 Å². The van der Waals surface area contributed by atoms with Gasteiger partial charge in [0.2, 0.25) is 0 Å². The summed E-state index contributed by atoms with van der Waals surface area (Å²) in [5, 5.41) is 0. The van der Waals surface area contributed by atoms with Crippen LogP contribution in [0.3, 0.4) is 0 Å². The van der Waals surface area contributed by atoms with Crippen LogP contribution in [0.15, 0.2) is 53.4 Å². The Bertz CT molecular complexity index is 1010. The molecule has 0 radical (unpaired) electrons. The summed E-state index contributed by atoms with van der Waals surface area (Å²) in [7, 11) is 0. The zero-order valence-corrected chi connectivity index (χ0v) is 17.4. The van der Waals surface area contributed by atoms with E-state index in [1.54, 1.807) is 9.80 Å². The van der Waals surface area contributed by atoms with Crippen LogP contribution in [0.25, 0.3) is 5.57 Å². The number of carbonyl (C=O) groups is 2. The average molecular weight is 409 g/mol. The minimum Gasteiger partial charge on any atom is -0.303 e. The van der Waals surface area contributed by atoms with Gasteiger partial charge in [0, 0.05) is 12.1 Å². The van der Waals surface area contributed by atoms with Crippen molar-refractivity contribution < 1.29 is 9.59 Å². The molecule has 0 unspecified atom stereocenters. The van der Waals surface area contributed by atoms with Crippen LogP contribution < -0.4 is 4.90 Å². The van der Waals surface area contributed by atoms with E-state index >= 15 is 0 Å². The van der Waals surface area contributed by atoms with Crippen LogP contribution in [0, 0.1) is 6.92 Å². The van der Waals surface area contributed by atoms with Gasteiger partial charge in [0.15, 0.2) is 0 Å². The molecule has 2 aliphatic rings. The molecule has 142 valence electrons. The molecule has 28 heavy (non-hydrogen) atoms. The van der Waals surface area contributed by atoms with Crippen LogP contribution in [0.1, 0.15) is 30.0 Å². The Morgan fingerprint density at radius 3 is 2.39 bits per heavy atom. The number of thiocarbonyl (C=S) groups is 1. The molecule has 0 spiro atoms. The van der Waals surface area contributed by atoms with Crippen molar-refractivity contribution in [3.05, 3.63) is 70.1 Å². The van der Waals surface area contributed by atoms with Crippen LogP contribution in [0.4, 0.5) is 5.69 Å². The average Bonchev–Trinajstić information content (AvgIpc) is 3.12. The summed E-state index contributed by atoms with van der Waals surface area (Å²) >= 11 is 6.62. The van der Waals surface area contributed by atoms with Crippen molar-refractivity contribution >= 4 is 51.4 Å². The first-order valence-electron chi connectivity index (χ1n) is 9.26. The largest absolute Gasteiger partial charge is 0.303 e. The van der Waals surface area contributed by atoms with Gasteiger partial charge in [-0.1, -0.05) is 78.9 Å². The number of aryl methyl sites for hydroxylation is 1. The molecule has 0 N–H and O–H groups in total. The van der Waals surface area contributed by atoms with Gasteiger partial charge in [0.05, 0.1) is 22.7 Å². The first-order valence-corrected chi connectivity index (χ1v) is 10.5. The molecule has 4 rings (SSSR count). The summed E-state index contributed by atoms with van der Waals surface area (Å²) < 4.78 is 0.525. The van der Waals surface area contributed by atoms with Gasteiger partial charge in [-0.3, -0.25) is 14.5 Å². The van der Waals surface area contributed by atoms with Gasteiger partial charge in [-0.05, 0) is 25.0 Å². The molecule has 2 aromatic carbocycles. The molecule has 2 aliphatic heterocycles. The van der Waals surface area contributed by atoms with Gasteiger partial charge in [-0.15, -0.1) is 0 Å². The summed E-state index contributed by atoms with van der Waals surface area (Å²) in [5.74, 6) is -0.300. The molecule has 2 amide bonds. The summed E-state index contributed by atoms with van der Waals surface area (Å²) in [6, 6.07) is 15.8. The number of para-hydroxylation sites is 1. The molecule has 4 nitrogen and oxygen atoms in total. The predicted molar refractivity (Wildman–Crippen MR) is 118 cm³/mol. The molecule has 0 aromatic heterocycles. The molecule has 0 aliphatic carbocycles. The van der Waals surface area contributed by atoms with E-state index in [-0.39, 0.29) is 11.8 Å². The SMILES string of the molecule is CCCN1C(=O)/C(=C2\C(=O)N(Cc3ccc(C)cc3)c3ccccc32)SC1=S. The number of fused-ring (bicyclic) bond motifs is 1. The van der Waals surface area contributed by atoms with Gasteiger partial charge < -0.3 is 4.90 Å². The molecule has 0 atom stereocenters. The summed E-state index contributed by atoms with van der Waals surface area (Å²) in [6.45, 7) is 5.08. The lowest BCUT2D eigenvalue weighted by Crippen LogP contribution is -2.29. The molecular formula is C22H20N2O2S2. The second-order valence-electron chi connectivity index (χ2n) is 6.92. The second-order valence-corrected chi connectivity index (χ2v) is 8.57. The fourth-order valence-corrected chi connectivity index (χ4v) is 4.88. The lowest BCUT2D eigenvalue weighted by molar-refractivity contribution is -0.122. The van der Waals surface area contributed by atoms with Crippen LogP contribution in [0.5, 0.6) is 0 Å². The Labute approximate surface area is 174 Å². The number of nitrogens with zero attached hydrogens (tertiary/aromatic N) is 2. The Balaban J connectivity index is 1.76. The van der Waals surface area contributed by atoms with Gasteiger partial charge >= 0.3 is 0 Å². The Morgan fingerprint density at radius 2 is 1.68 bits per heavy atom. The molecule has 0 bridgehead atoms. The molecule has 6 heteroatoms. The molecular weight excluding hydrogens is 388 g/mol. The van der Waals surface area contributed by atoms with Gasteiger partial charge in [0.25, 0.3) is 11.8 Å². The second kappa shape index (κ2) is 7.53. The number of benzene rings is 2. The zero-order valence-electron chi connectivity index (χ0n) is 15.8. The summed E-state index contributed by atoms with van der Waals surface area (Å²) in [4.78, 5) is 30.1. The molecule has 2 heterocycles. The highest BCUT2D eigenvalue weighted by molar-refractivity contribution is 8.26. The normalized spacial score (nSPS) is 19.0. The minimum absolute atomic E-state index is 0.140. The topological polar surface area (TPSA) is 40.6 Å². The fourth-order valence-electron chi connectivity index (χ4n) is 3.50. The van der Waals surface area contributed by atoms with E-state index in [9.17, 15) is 9.59 Å². The van der Waals surface area contributed by atoms with Crippen molar-refractivity contribution in [1.82, 2.24) is 4.90 Å². The predicted octanol–water partition coefficient (Wildman–Crippen LogP) is 4.52. The summed E-state index contributed by atoms with van der Waals surface area (Å²) in [5.41, 5.74) is 4.34. The number of hydrogen-bond donors (Lipinski definition) is 0. The highest BCUT2D eigenvalue weighted by Gasteiger charge is 2.41. The van der Waals surface area contributed by atoms with E-state index in [1.165, 1.54) is 17.3 Å². The van der Waals surface area contributed by atoms with Gasteiger partial charge in [-0.2, -0.15) is 0 Å². The third kappa shape index (κ3) is 3.16.